The average Bonchev–Trinajstić information content (AvgIpc) is 2.27. The van der Waals surface area contributed by atoms with Crippen molar-refractivity contribution in [3.8, 4) is 0 Å². The van der Waals surface area contributed by atoms with Gasteiger partial charge in [-0.2, -0.15) is 0 Å². The Labute approximate surface area is 113 Å². The third-order valence-corrected chi connectivity index (χ3v) is 2.44. The Morgan fingerprint density at radius 3 is 2.42 bits per heavy atom. The van der Waals surface area contributed by atoms with E-state index in [1.54, 1.807) is 0 Å². The molecule has 0 amide bonds. The summed E-state index contributed by atoms with van der Waals surface area (Å²) in [5.74, 6) is 1.05. The van der Waals surface area contributed by atoms with Gasteiger partial charge in [0.25, 0.3) is 0 Å². The first-order valence-corrected chi connectivity index (χ1v) is 6.41. The number of aromatic nitrogens is 2. The van der Waals surface area contributed by atoms with Gasteiger partial charge in [-0.1, -0.05) is 13.8 Å². The molecule has 0 atom stereocenters. The van der Waals surface area contributed by atoms with Crippen LogP contribution in [0.3, 0.4) is 0 Å². The van der Waals surface area contributed by atoms with E-state index in [1.807, 2.05) is 13.8 Å². The van der Waals surface area contributed by atoms with Gasteiger partial charge in [-0.05, 0) is 26.2 Å². The van der Waals surface area contributed by atoms with Gasteiger partial charge in [0.05, 0.1) is 4.92 Å². The maximum atomic E-state index is 11.2. The molecule has 0 radical (unpaired) electrons. The molecule has 0 aromatic carbocycles. The fraction of sp³-hybridized carbons (Fsp3) is 0.667. The van der Waals surface area contributed by atoms with Gasteiger partial charge in [0.1, 0.15) is 6.33 Å². The third kappa shape index (κ3) is 4.69. The van der Waals surface area contributed by atoms with Crippen molar-refractivity contribution in [1.29, 1.82) is 0 Å². The maximum absolute atomic E-state index is 11.2. The molecule has 19 heavy (non-hydrogen) atoms. The fourth-order valence-corrected chi connectivity index (χ4v) is 1.54. The minimum atomic E-state index is -0.456. The molecule has 0 saturated carbocycles. The van der Waals surface area contributed by atoms with Crippen molar-refractivity contribution >= 4 is 17.3 Å². The van der Waals surface area contributed by atoms with E-state index < -0.39 is 4.92 Å². The molecule has 0 spiro atoms. The molecule has 0 unspecified atom stereocenters. The summed E-state index contributed by atoms with van der Waals surface area (Å²) in [4.78, 5) is 18.6. The number of nitrogens with zero attached hydrogens (tertiary/aromatic N) is 3. The number of anilines is 2. The molecule has 106 valence electrons. The number of nitrogens with one attached hydrogen (secondary N) is 2. The fourth-order valence-electron chi connectivity index (χ4n) is 1.54. The normalized spacial score (nSPS) is 10.8. The van der Waals surface area contributed by atoms with Crippen molar-refractivity contribution in [2.75, 3.05) is 17.2 Å². The van der Waals surface area contributed by atoms with Gasteiger partial charge in [-0.15, -0.1) is 0 Å². The standard InChI is InChI=1S/C12H21N5O2/c1-8(2)5-6-13-11-10(17(18)19)12(15-7-14-11)16-9(3)4/h7-9H,5-6H2,1-4H3,(H2,13,14,15,16). The van der Waals surface area contributed by atoms with E-state index in [0.717, 1.165) is 6.42 Å². The minimum absolute atomic E-state index is 0.0668. The molecule has 0 aliphatic heterocycles. The highest BCUT2D eigenvalue weighted by Gasteiger charge is 2.22. The molecule has 2 N–H and O–H groups in total. The summed E-state index contributed by atoms with van der Waals surface area (Å²) in [6.45, 7) is 8.65. The van der Waals surface area contributed by atoms with E-state index in [4.69, 9.17) is 0 Å². The van der Waals surface area contributed by atoms with Crippen LogP contribution in [0.4, 0.5) is 17.3 Å². The van der Waals surface area contributed by atoms with E-state index in [0.29, 0.717) is 12.5 Å². The Hall–Kier alpha value is -1.92. The summed E-state index contributed by atoms with van der Waals surface area (Å²) in [5, 5.41) is 17.1. The first kappa shape index (κ1) is 15.1. The SMILES string of the molecule is CC(C)CCNc1ncnc(NC(C)C)c1[N+](=O)[O-]. The highest BCUT2D eigenvalue weighted by molar-refractivity contribution is 5.69. The summed E-state index contributed by atoms with van der Waals surface area (Å²) < 4.78 is 0. The number of hydrogen-bond donors (Lipinski definition) is 2. The average molecular weight is 267 g/mol. The molecule has 1 rings (SSSR count). The highest BCUT2D eigenvalue weighted by atomic mass is 16.6. The molecule has 1 aromatic rings. The Balaban J connectivity index is 2.93. The molecule has 7 nitrogen and oxygen atoms in total. The Bertz CT molecular complexity index is 434. The van der Waals surface area contributed by atoms with Crippen LogP contribution >= 0.6 is 0 Å². The summed E-state index contributed by atoms with van der Waals surface area (Å²) in [6, 6.07) is 0.0668. The molecule has 0 aliphatic rings. The first-order chi connectivity index (χ1) is 8.91. The zero-order valence-corrected chi connectivity index (χ0v) is 11.8. The zero-order chi connectivity index (χ0) is 14.4. The number of nitro groups is 1. The molecule has 0 aliphatic carbocycles. The van der Waals surface area contributed by atoms with Crippen molar-refractivity contribution in [3.05, 3.63) is 16.4 Å². The van der Waals surface area contributed by atoms with Crippen LogP contribution in [0, 0.1) is 16.0 Å². The smallest absolute Gasteiger partial charge is 0.353 e. The van der Waals surface area contributed by atoms with E-state index in [1.165, 1.54) is 6.33 Å². The van der Waals surface area contributed by atoms with Crippen molar-refractivity contribution < 1.29 is 4.92 Å². The second-order valence-electron chi connectivity index (χ2n) is 5.08. The second-order valence-corrected chi connectivity index (χ2v) is 5.08. The topological polar surface area (TPSA) is 93.0 Å². The molecular formula is C12H21N5O2. The summed E-state index contributed by atoms with van der Waals surface area (Å²) in [7, 11) is 0. The van der Waals surface area contributed by atoms with Crippen LogP contribution in [0.2, 0.25) is 0 Å². The van der Waals surface area contributed by atoms with Crippen molar-refractivity contribution in [2.24, 2.45) is 5.92 Å². The van der Waals surface area contributed by atoms with Crippen LogP contribution in [-0.4, -0.2) is 27.5 Å². The number of hydrogen-bond acceptors (Lipinski definition) is 6. The van der Waals surface area contributed by atoms with Crippen molar-refractivity contribution in [3.63, 3.8) is 0 Å². The monoisotopic (exact) mass is 267 g/mol. The van der Waals surface area contributed by atoms with Crippen LogP contribution in [0.15, 0.2) is 6.33 Å². The summed E-state index contributed by atoms with van der Waals surface area (Å²) >= 11 is 0. The summed E-state index contributed by atoms with van der Waals surface area (Å²) in [5.41, 5.74) is -0.0973. The lowest BCUT2D eigenvalue weighted by molar-refractivity contribution is -0.383. The zero-order valence-electron chi connectivity index (χ0n) is 11.8. The van der Waals surface area contributed by atoms with Gasteiger partial charge >= 0.3 is 5.69 Å². The molecule has 1 aromatic heterocycles. The molecule has 0 saturated heterocycles. The van der Waals surface area contributed by atoms with Crippen LogP contribution < -0.4 is 10.6 Å². The Morgan fingerprint density at radius 2 is 1.89 bits per heavy atom. The van der Waals surface area contributed by atoms with E-state index in [2.05, 4.69) is 34.4 Å². The lowest BCUT2D eigenvalue weighted by Crippen LogP contribution is -2.15. The van der Waals surface area contributed by atoms with Crippen LogP contribution in [0.1, 0.15) is 34.1 Å². The molecular weight excluding hydrogens is 246 g/mol. The Kier molecular flexibility index (Phi) is 5.47. The molecule has 0 fully saturated rings. The van der Waals surface area contributed by atoms with E-state index >= 15 is 0 Å². The molecule has 0 bridgehead atoms. The van der Waals surface area contributed by atoms with Crippen LogP contribution in [0.5, 0.6) is 0 Å². The van der Waals surface area contributed by atoms with Gasteiger partial charge in [0.2, 0.25) is 11.6 Å². The van der Waals surface area contributed by atoms with Gasteiger partial charge in [-0.25, -0.2) is 9.97 Å². The van der Waals surface area contributed by atoms with Crippen LogP contribution in [0.25, 0.3) is 0 Å². The van der Waals surface area contributed by atoms with Gasteiger partial charge in [0.15, 0.2) is 0 Å². The molecule has 7 heteroatoms. The quantitative estimate of drug-likeness (QED) is 0.582. The lowest BCUT2D eigenvalue weighted by atomic mass is 10.1. The lowest BCUT2D eigenvalue weighted by Gasteiger charge is -2.12. The van der Waals surface area contributed by atoms with Crippen molar-refractivity contribution in [2.45, 2.75) is 40.2 Å². The second kappa shape index (κ2) is 6.86. The van der Waals surface area contributed by atoms with E-state index in [9.17, 15) is 10.1 Å². The van der Waals surface area contributed by atoms with Gasteiger partial charge in [-0.3, -0.25) is 10.1 Å². The minimum Gasteiger partial charge on any atom is -0.364 e. The van der Waals surface area contributed by atoms with Gasteiger partial charge in [0, 0.05) is 12.6 Å². The highest BCUT2D eigenvalue weighted by Crippen LogP contribution is 2.29. The van der Waals surface area contributed by atoms with Crippen molar-refractivity contribution in [1.82, 2.24) is 9.97 Å². The van der Waals surface area contributed by atoms with Crippen LogP contribution in [-0.2, 0) is 0 Å². The predicted molar refractivity (Wildman–Crippen MR) is 75.4 cm³/mol. The summed E-state index contributed by atoms with van der Waals surface area (Å²) in [6.07, 6.45) is 2.25. The number of rotatable bonds is 7. The Morgan fingerprint density at radius 1 is 1.26 bits per heavy atom. The first-order valence-electron chi connectivity index (χ1n) is 6.41. The molecule has 1 heterocycles. The van der Waals surface area contributed by atoms with Gasteiger partial charge < -0.3 is 10.6 Å². The third-order valence-electron chi connectivity index (χ3n) is 2.44. The maximum Gasteiger partial charge on any atom is 0.353 e. The largest absolute Gasteiger partial charge is 0.364 e. The van der Waals surface area contributed by atoms with E-state index in [-0.39, 0.29) is 23.4 Å². The predicted octanol–water partition coefficient (Wildman–Crippen LogP) is 2.66.